The van der Waals surface area contributed by atoms with Crippen molar-refractivity contribution in [2.24, 2.45) is 16.7 Å². The molecule has 2 aromatic heterocycles. The van der Waals surface area contributed by atoms with Crippen molar-refractivity contribution in [3.8, 4) is 34.3 Å². The number of para-hydroxylation sites is 4. The Labute approximate surface area is 560 Å². The van der Waals surface area contributed by atoms with E-state index in [1.807, 2.05) is 0 Å². The molecule has 29 heteroatoms. The number of amides is 6. The number of benzene rings is 4. The number of carboxylic acids is 1. The largest absolute Gasteiger partial charge is 0.480 e. The minimum atomic E-state index is -3.96. The Balaban J connectivity index is 0.000000207. The fourth-order valence-corrected chi connectivity index (χ4v) is 13.3. The van der Waals surface area contributed by atoms with Gasteiger partial charge in [0.25, 0.3) is 17.8 Å². The van der Waals surface area contributed by atoms with Crippen LogP contribution in [-0.4, -0.2) is 170 Å². The summed E-state index contributed by atoms with van der Waals surface area (Å²) in [5.74, 6) is -11.9. The Hall–Kier alpha value is -10.1. The van der Waals surface area contributed by atoms with Gasteiger partial charge in [-0.1, -0.05) is 120 Å². The van der Waals surface area contributed by atoms with Crippen molar-refractivity contribution in [1.82, 2.24) is 50.4 Å². The molecule has 0 radical (unpaired) electrons. The average Bonchev–Trinajstić information content (AvgIpc) is 1.56. The van der Waals surface area contributed by atoms with Gasteiger partial charge >= 0.3 is 18.2 Å². The van der Waals surface area contributed by atoms with Gasteiger partial charge in [-0.05, 0) is 89.8 Å². The third-order valence-corrected chi connectivity index (χ3v) is 19.3. The van der Waals surface area contributed by atoms with Crippen LogP contribution in [0.4, 0.5) is 27.2 Å². The number of halogens is 4. The molecular weight excluding hydrogens is 1300 g/mol. The zero-order valence-corrected chi connectivity index (χ0v) is 55.0. The van der Waals surface area contributed by atoms with Gasteiger partial charge in [-0.2, -0.15) is 17.6 Å². The van der Waals surface area contributed by atoms with E-state index in [4.69, 9.17) is 33.9 Å². The molecule has 12 rings (SSSR count). The van der Waals surface area contributed by atoms with Crippen LogP contribution in [0.3, 0.4) is 0 Å². The first-order chi connectivity index (χ1) is 46.2. The second-order valence-electron chi connectivity index (χ2n) is 27.2. The van der Waals surface area contributed by atoms with Crippen LogP contribution < -0.4 is 30.1 Å². The third-order valence-electron chi connectivity index (χ3n) is 17.5. The van der Waals surface area contributed by atoms with Crippen molar-refractivity contribution in [3.63, 3.8) is 0 Å². The molecule has 0 unspecified atom stereocenters. The number of carboxylic acid groups (broad SMARTS) is 1. The minimum Gasteiger partial charge on any atom is -0.480 e. The molecule has 6 aliphatic rings. The molecule has 6 amide bonds. The number of ether oxygens (including phenoxy) is 4. The molecular formula is C69H72F4N10O14S. The van der Waals surface area contributed by atoms with Crippen LogP contribution in [0.2, 0.25) is 0 Å². The quantitative estimate of drug-likeness (QED) is 0.0737. The summed E-state index contributed by atoms with van der Waals surface area (Å²) in [7, 11) is -3.96. The van der Waals surface area contributed by atoms with E-state index < -0.39 is 141 Å². The zero-order valence-electron chi connectivity index (χ0n) is 54.2. The number of aromatic nitrogens is 4. The molecule has 8 bridgehead atoms. The molecule has 8 atom stereocenters. The Morgan fingerprint density at radius 1 is 0.643 bits per heavy atom. The van der Waals surface area contributed by atoms with Crippen LogP contribution in [0.15, 0.2) is 122 Å². The van der Waals surface area contributed by atoms with Crippen LogP contribution in [-0.2, 0) is 43.5 Å². The molecule has 2 saturated carbocycles. The molecule has 2 saturated heterocycles. The summed E-state index contributed by atoms with van der Waals surface area (Å²) < 4.78 is 109. The molecule has 516 valence electrons. The first-order valence-corrected chi connectivity index (χ1v) is 33.2. The van der Waals surface area contributed by atoms with Crippen molar-refractivity contribution in [3.05, 3.63) is 133 Å². The predicted molar refractivity (Wildman–Crippen MR) is 349 cm³/mol. The predicted octanol–water partition coefficient (Wildman–Crippen LogP) is 8.65. The summed E-state index contributed by atoms with van der Waals surface area (Å²) in [6.45, 7) is 10.7. The highest BCUT2D eigenvalue weighted by Gasteiger charge is 2.62. The fourth-order valence-electron chi connectivity index (χ4n) is 12.0. The van der Waals surface area contributed by atoms with Crippen molar-refractivity contribution < 1.29 is 83.6 Å². The van der Waals surface area contributed by atoms with Gasteiger partial charge in [-0.3, -0.25) is 23.9 Å². The molecule has 6 aromatic rings. The Morgan fingerprint density at radius 3 is 1.48 bits per heavy atom. The lowest BCUT2D eigenvalue weighted by atomic mass is 9.85. The summed E-state index contributed by atoms with van der Waals surface area (Å²) >= 11 is 0. The smallest absolute Gasteiger partial charge is 0.408 e. The van der Waals surface area contributed by atoms with Gasteiger partial charge < -0.3 is 49.8 Å². The lowest BCUT2D eigenvalue weighted by Gasteiger charge is -2.35. The second-order valence-corrected chi connectivity index (χ2v) is 29.2. The zero-order chi connectivity index (χ0) is 70.4. The number of alkyl halides is 4. The number of nitrogens with one attached hydrogen (secondary N) is 4. The molecule has 4 aromatic carbocycles. The maximum atomic E-state index is 15.0. The number of alkyl carbamates (subject to hydrolysis) is 2. The van der Waals surface area contributed by atoms with E-state index in [0.717, 1.165) is 4.90 Å². The van der Waals surface area contributed by atoms with E-state index in [1.165, 1.54) is 23.1 Å². The first-order valence-electron chi connectivity index (χ1n) is 31.6. The third kappa shape index (κ3) is 15.5. The maximum Gasteiger partial charge on any atom is 0.408 e. The summed E-state index contributed by atoms with van der Waals surface area (Å²) in [4.78, 5) is 115. The average molecular weight is 1370 g/mol. The monoisotopic (exact) mass is 1370 g/mol. The van der Waals surface area contributed by atoms with E-state index in [0.29, 0.717) is 75.0 Å². The van der Waals surface area contributed by atoms with E-state index in [2.05, 4.69) is 32.2 Å². The molecule has 4 fully saturated rings. The number of hydrogen-bond acceptors (Lipinski definition) is 17. The van der Waals surface area contributed by atoms with Gasteiger partial charge in [0.1, 0.15) is 53.3 Å². The van der Waals surface area contributed by atoms with Crippen LogP contribution in [0.5, 0.6) is 11.8 Å². The Morgan fingerprint density at radius 2 is 1.07 bits per heavy atom. The summed E-state index contributed by atoms with van der Waals surface area (Å²) in [5.41, 5.74) is 0.954. The number of carbonyl (C=O) groups is 7. The second kappa shape index (κ2) is 26.7. The topological polar surface area (TPSA) is 317 Å². The van der Waals surface area contributed by atoms with Crippen molar-refractivity contribution in [1.29, 1.82) is 0 Å². The standard InChI is InChI=1S/C39H42F2N6O8S.C30H30F2N4O6/c1-5-24-19-39(24,35(50)46-56(52,53)26-13-14-26)45-32(48)29-18-25-20-47(29)34(49)31(37(2,3)4)44-36(51)54-21-38(40,41)16-15-22-9-8-10-23(17-22)30-33(55-25)43-28-12-7-6-11-27(28)42-30;1-29(2,3)24-26(37)36-15-19(14-22(36)27(38)39)42-25-23(33-20-9-4-5-10-21(20)34-25)18-8-6-7-17(13-18)11-12-30(31,32)16-41-28(40)35-24/h5-12,15-17,24-26,29,31H,1,13-14,18-21H2,2-4H3,(H,44,51)(H,45,48)(H,46,50);4-13,19,22,24H,14-16H2,1-3H3,(H,35,40)(H,38,39)/b16-15+;12-11+/t24-,25-,29+,31-,39-;19-,22+,24-/m11/s1. The Kier molecular flexibility index (Phi) is 18.9. The van der Waals surface area contributed by atoms with Crippen molar-refractivity contribution >= 4 is 86.0 Å². The number of hydrogen-bond donors (Lipinski definition) is 5. The minimum absolute atomic E-state index is 0.0503. The van der Waals surface area contributed by atoms with Gasteiger partial charge in [-0.15, -0.1) is 6.58 Å². The van der Waals surface area contributed by atoms with Crippen LogP contribution in [0.25, 0.3) is 56.7 Å². The van der Waals surface area contributed by atoms with Gasteiger partial charge in [0.15, 0.2) is 13.2 Å². The summed E-state index contributed by atoms with van der Waals surface area (Å²) in [5, 5.41) is 16.8. The number of aliphatic carboxylic acids is 1. The lowest BCUT2D eigenvalue weighted by molar-refractivity contribution is -0.150. The molecule has 98 heavy (non-hydrogen) atoms. The Bertz CT molecular complexity index is 4370. The van der Waals surface area contributed by atoms with Gasteiger partial charge in [-0.25, -0.2) is 42.7 Å². The number of sulfonamides is 1. The summed E-state index contributed by atoms with van der Waals surface area (Å²) in [6.07, 6.45) is 1.66. The number of fused-ring (bicyclic) bond motifs is 14. The first kappa shape index (κ1) is 69.3. The van der Waals surface area contributed by atoms with Gasteiger partial charge in [0, 0.05) is 29.9 Å². The van der Waals surface area contributed by atoms with E-state index >= 15 is 8.78 Å². The van der Waals surface area contributed by atoms with Crippen LogP contribution in [0, 0.1) is 16.7 Å². The van der Waals surface area contributed by atoms with Crippen molar-refractivity contribution in [2.45, 2.75) is 133 Å². The van der Waals surface area contributed by atoms with E-state index in [9.17, 15) is 55.9 Å². The molecule has 4 aliphatic heterocycles. The highest BCUT2D eigenvalue weighted by molar-refractivity contribution is 7.91. The molecule has 6 heterocycles. The lowest BCUT2D eigenvalue weighted by Crippen LogP contribution is -2.60. The highest BCUT2D eigenvalue weighted by atomic mass is 32.2. The summed E-state index contributed by atoms with van der Waals surface area (Å²) in [6, 6.07) is 22.2. The SMILES string of the molecule is C=C[C@@H]1C[C@]1(NC(=O)[C@@H]1C[C@@H]2CN1C(=O)[C@H](C(C)(C)C)NC(=O)OCC(F)(F)/C=C/c1cccc(c1)-c1nc3ccccc3nc1O2)C(=O)NS(=O)(=O)C1CC1.CC(C)(C)[C@@H]1NC(=O)OCC(F)(F)/C=C/c2cccc(c2)-c2nc3ccccc3nc2O[C@@H]2C[C@@H](C(=O)O)N(C2)C1=O. The van der Waals surface area contributed by atoms with Gasteiger partial charge in [0.05, 0.1) is 40.4 Å². The van der Waals surface area contributed by atoms with Crippen LogP contribution in [0.1, 0.15) is 84.8 Å². The molecule has 24 nitrogen and oxygen atoms in total. The number of carbonyl (C=O) groups excluding carboxylic acids is 6. The maximum absolute atomic E-state index is 15.0. The van der Waals surface area contributed by atoms with Gasteiger partial charge in [0.2, 0.25) is 39.5 Å². The highest BCUT2D eigenvalue weighted by Crippen LogP contribution is 2.46. The van der Waals surface area contributed by atoms with Crippen LogP contribution >= 0.6 is 0 Å². The van der Waals surface area contributed by atoms with E-state index in [1.54, 1.807) is 139 Å². The normalized spacial score (nSPS) is 25.5. The fraction of sp³-hybridized carbons (Fsp3) is 0.406. The molecule has 5 N–H and O–H groups in total. The van der Waals surface area contributed by atoms with E-state index in [-0.39, 0.29) is 49.8 Å². The number of nitrogens with zero attached hydrogens (tertiary/aromatic N) is 6. The molecule has 2 aliphatic carbocycles. The number of cyclic esters (lactones) is 2. The molecule has 0 spiro atoms. The van der Waals surface area contributed by atoms with Crippen molar-refractivity contribution in [2.75, 3.05) is 26.3 Å². The number of rotatable bonds is 7.